The van der Waals surface area contributed by atoms with Gasteiger partial charge in [0, 0.05) is 24.1 Å². The zero-order chi connectivity index (χ0) is 28.6. The summed E-state index contributed by atoms with van der Waals surface area (Å²) < 4.78 is 23.6. The summed E-state index contributed by atoms with van der Waals surface area (Å²) in [5, 5.41) is 0. The van der Waals surface area contributed by atoms with E-state index in [1.165, 1.54) is 0 Å². The summed E-state index contributed by atoms with van der Waals surface area (Å²) in [6.07, 6.45) is -0.738. The van der Waals surface area contributed by atoms with Gasteiger partial charge in [0.1, 0.15) is 18.4 Å². The normalized spacial score (nSPS) is 14.9. The minimum absolute atomic E-state index is 0.185. The van der Waals surface area contributed by atoms with Gasteiger partial charge in [-0.15, -0.1) is 0 Å². The number of carbonyl (C=O) groups excluding carboxylic acids is 2. The van der Waals surface area contributed by atoms with E-state index in [2.05, 4.69) is 0 Å². The highest BCUT2D eigenvalue weighted by atomic mass is 16.5. The van der Waals surface area contributed by atoms with Crippen LogP contribution in [0.2, 0.25) is 0 Å². The number of rotatable bonds is 10. The van der Waals surface area contributed by atoms with Gasteiger partial charge in [-0.2, -0.15) is 0 Å². The van der Waals surface area contributed by atoms with Crippen LogP contribution in [-0.4, -0.2) is 36.5 Å². The second-order valence-electron chi connectivity index (χ2n) is 9.67. The summed E-state index contributed by atoms with van der Waals surface area (Å²) in [5.74, 6) is 0.884. The maximum absolute atomic E-state index is 14.3. The highest BCUT2D eigenvalue weighted by Gasteiger charge is 2.41. The Hall–Kier alpha value is -4.78. The number of nitrogens with zero attached hydrogens (tertiary/aromatic N) is 1. The molecule has 4 aromatic rings. The van der Waals surface area contributed by atoms with Crippen molar-refractivity contribution < 1.29 is 28.5 Å². The third-order valence-corrected chi connectivity index (χ3v) is 7.05. The summed E-state index contributed by atoms with van der Waals surface area (Å²) in [6.45, 7) is 2.47. The first-order valence-electron chi connectivity index (χ1n) is 13.7. The van der Waals surface area contributed by atoms with E-state index < -0.39 is 18.1 Å². The Kier molecular flexibility index (Phi) is 8.84. The van der Waals surface area contributed by atoms with Crippen LogP contribution in [0, 0.1) is 0 Å². The zero-order valence-corrected chi connectivity index (χ0v) is 23.2. The highest BCUT2D eigenvalue weighted by molar-refractivity contribution is 5.89. The van der Waals surface area contributed by atoms with E-state index in [-0.39, 0.29) is 25.5 Å². The van der Waals surface area contributed by atoms with E-state index in [0.717, 1.165) is 16.7 Å². The average Bonchev–Trinajstić information content (AvgIpc) is 3.03. The molecule has 41 heavy (non-hydrogen) atoms. The van der Waals surface area contributed by atoms with Crippen LogP contribution in [0.25, 0.3) is 0 Å². The number of hydrogen-bond acceptors (Lipinski definition) is 6. The maximum Gasteiger partial charge on any atom is 0.329 e. The van der Waals surface area contributed by atoms with Crippen LogP contribution in [-0.2, 0) is 33.9 Å². The van der Waals surface area contributed by atoms with Crippen molar-refractivity contribution in [1.29, 1.82) is 0 Å². The first kappa shape index (κ1) is 27.8. The van der Waals surface area contributed by atoms with E-state index in [1.807, 2.05) is 91.0 Å². The molecule has 2 atom stereocenters. The van der Waals surface area contributed by atoms with E-state index in [1.54, 1.807) is 31.1 Å². The Balaban J connectivity index is 1.51. The SMILES string of the molecule is CCOC(=O)[C@@H]1Cc2c(ccc(OC)c2OCc2ccccc2)CN1C(=O)C(Oc1ccccc1)c1ccccc1. The largest absolute Gasteiger partial charge is 0.493 e. The van der Waals surface area contributed by atoms with Crippen molar-refractivity contribution in [3.8, 4) is 17.2 Å². The summed E-state index contributed by atoms with van der Waals surface area (Å²) >= 11 is 0. The van der Waals surface area contributed by atoms with Gasteiger partial charge in [-0.25, -0.2) is 4.79 Å². The van der Waals surface area contributed by atoms with E-state index in [9.17, 15) is 9.59 Å². The van der Waals surface area contributed by atoms with Gasteiger partial charge < -0.3 is 23.8 Å². The third-order valence-electron chi connectivity index (χ3n) is 7.05. The molecule has 5 rings (SSSR count). The van der Waals surface area contributed by atoms with Crippen molar-refractivity contribution in [2.75, 3.05) is 13.7 Å². The number of fused-ring (bicyclic) bond motifs is 1. The van der Waals surface area contributed by atoms with Crippen molar-refractivity contribution in [1.82, 2.24) is 4.90 Å². The molecule has 1 unspecified atom stereocenters. The van der Waals surface area contributed by atoms with Gasteiger partial charge in [0.2, 0.25) is 6.10 Å². The summed E-state index contributed by atoms with van der Waals surface area (Å²) in [4.78, 5) is 29.2. The first-order chi connectivity index (χ1) is 20.1. The predicted molar refractivity (Wildman–Crippen MR) is 155 cm³/mol. The Morgan fingerprint density at radius 3 is 2.20 bits per heavy atom. The van der Waals surface area contributed by atoms with Crippen LogP contribution in [0.1, 0.15) is 35.3 Å². The molecule has 0 N–H and O–H groups in total. The molecule has 1 amide bonds. The molecule has 0 bridgehead atoms. The molecule has 1 aliphatic rings. The fourth-order valence-electron chi connectivity index (χ4n) is 5.02. The fraction of sp³-hybridized carbons (Fsp3) is 0.235. The molecule has 7 nitrogen and oxygen atoms in total. The summed E-state index contributed by atoms with van der Waals surface area (Å²) in [6, 6.07) is 31.2. The smallest absolute Gasteiger partial charge is 0.329 e. The lowest BCUT2D eigenvalue weighted by atomic mass is 9.91. The van der Waals surface area contributed by atoms with Crippen LogP contribution in [0.5, 0.6) is 17.2 Å². The Morgan fingerprint density at radius 2 is 1.54 bits per heavy atom. The quantitative estimate of drug-likeness (QED) is 0.228. The van der Waals surface area contributed by atoms with E-state index in [0.29, 0.717) is 29.4 Å². The Morgan fingerprint density at radius 1 is 0.878 bits per heavy atom. The second kappa shape index (κ2) is 13.0. The standard InChI is InChI=1S/C34H33NO6/c1-3-39-34(37)29-21-28-26(19-20-30(38-2)32(28)40-23-24-13-7-4-8-14-24)22-35(29)33(36)31(25-15-9-5-10-16-25)41-27-17-11-6-12-18-27/h4-20,29,31H,3,21-23H2,1-2H3/t29-,31?/m0/s1. The number of amides is 1. The molecule has 0 fully saturated rings. The zero-order valence-electron chi connectivity index (χ0n) is 23.2. The summed E-state index contributed by atoms with van der Waals surface area (Å²) in [5.41, 5.74) is 3.39. The van der Waals surface area contributed by atoms with Crippen molar-refractivity contribution in [2.24, 2.45) is 0 Å². The average molecular weight is 552 g/mol. The molecular formula is C34H33NO6. The monoisotopic (exact) mass is 551 g/mol. The van der Waals surface area contributed by atoms with Gasteiger partial charge in [-0.3, -0.25) is 4.79 Å². The molecule has 0 radical (unpaired) electrons. The third kappa shape index (κ3) is 6.35. The van der Waals surface area contributed by atoms with Crippen molar-refractivity contribution in [3.05, 3.63) is 125 Å². The Bertz CT molecular complexity index is 1460. The minimum Gasteiger partial charge on any atom is -0.493 e. The van der Waals surface area contributed by atoms with Crippen molar-refractivity contribution in [3.63, 3.8) is 0 Å². The molecule has 0 aromatic heterocycles. The number of ether oxygens (including phenoxy) is 4. The van der Waals surface area contributed by atoms with Crippen LogP contribution >= 0.6 is 0 Å². The lowest BCUT2D eigenvalue weighted by Crippen LogP contribution is -2.51. The summed E-state index contributed by atoms with van der Waals surface area (Å²) in [7, 11) is 1.59. The number of esters is 1. The van der Waals surface area contributed by atoms with E-state index >= 15 is 0 Å². The van der Waals surface area contributed by atoms with Gasteiger partial charge in [0.15, 0.2) is 11.5 Å². The van der Waals surface area contributed by atoms with Gasteiger partial charge in [0.05, 0.1) is 13.7 Å². The van der Waals surface area contributed by atoms with Gasteiger partial charge in [-0.05, 0) is 36.2 Å². The first-order valence-corrected chi connectivity index (χ1v) is 13.7. The topological polar surface area (TPSA) is 74.3 Å². The molecule has 7 heteroatoms. The molecule has 0 aliphatic carbocycles. The van der Waals surface area contributed by atoms with Crippen LogP contribution in [0.3, 0.4) is 0 Å². The van der Waals surface area contributed by atoms with Gasteiger partial charge in [-0.1, -0.05) is 84.9 Å². The predicted octanol–water partition coefficient (Wildman–Crippen LogP) is 5.91. The molecule has 0 saturated carbocycles. The lowest BCUT2D eigenvalue weighted by molar-refractivity contribution is -0.158. The van der Waals surface area contributed by atoms with Crippen LogP contribution < -0.4 is 14.2 Å². The molecule has 4 aromatic carbocycles. The number of methoxy groups -OCH3 is 1. The van der Waals surface area contributed by atoms with Gasteiger partial charge in [0.25, 0.3) is 5.91 Å². The maximum atomic E-state index is 14.3. The minimum atomic E-state index is -0.955. The molecule has 1 heterocycles. The number of hydrogen-bond donors (Lipinski definition) is 0. The lowest BCUT2D eigenvalue weighted by Gasteiger charge is -2.38. The van der Waals surface area contributed by atoms with Crippen molar-refractivity contribution >= 4 is 11.9 Å². The molecule has 0 spiro atoms. The van der Waals surface area contributed by atoms with Crippen molar-refractivity contribution in [2.45, 2.75) is 38.6 Å². The van der Waals surface area contributed by atoms with Gasteiger partial charge >= 0.3 is 5.97 Å². The molecule has 210 valence electrons. The number of benzene rings is 4. The molecule has 0 saturated heterocycles. The van der Waals surface area contributed by atoms with Crippen LogP contribution in [0.4, 0.5) is 0 Å². The van der Waals surface area contributed by atoms with E-state index in [4.69, 9.17) is 18.9 Å². The Labute approximate surface area is 240 Å². The second-order valence-corrected chi connectivity index (χ2v) is 9.67. The highest BCUT2D eigenvalue weighted by Crippen LogP contribution is 2.40. The number of para-hydroxylation sites is 1. The fourth-order valence-corrected chi connectivity index (χ4v) is 5.02. The number of carbonyl (C=O) groups is 2. The molecule has 1 aliphatic heterocycles. The van der Waals surface area contributed by atoms with Crippen LogP contribution in [0.15, 0.2) is 103 Å². The molecular weight excluding hydrogens is 518 g/mol.